The zero-order valence-electron chi connectivity index (χ0n) is 19.2. The quantitative estimate of drug-likeness (QED) is 0.488. The van der Waals surface area contributed by atoms with Gasteiger partial charge in [0.2, 0.25) is 5.91 Å². The number of nitrogens with zero attached hydrogens (tertiary/aromatic N) is 6. The number of nitrogens with one attached hydrogen (secondary N) is 1. The number of anilines is 1. The summed E-state index contributed by atoms with van der Waals surface area (Å²) >= 11 is 0. The van der Waals surface area contributed by atoms with Crippen LogP contribution in [0.25, 0.3) is 11.2 Å². The molecule has 0 aliphatic carbocycles. The number of piperazine rings is 1. The second-order valence-electron chi connectivity index (χ2n) is 8.48. The maximum atomic E-state index is 12.7. The van der Waals surface area contributed by atoms with Crippen LogP contribution in [0.4, 0.5) is 5.69 Å². The standard InChI is InChI=1S/C23H31N7O3/c1-26-17-25-21-20(26)22(32)30(23(33)27(21)2)16-19(31)24-10-6-7-11-28-12-14-29(15-13-28)18-8-4-3-5-9-18/h3-5,8-9,17H,6-7,10-16H2,1-2H3,(H,24,31). The van der Waals surface area contributed by atoms with Gasteiger partial charge in [-0.25, -0.2) is 14.3 Å². The van der Waals surface area contributed by atoms with E-state index in [-0.39, 0.29) is 12.5 Å². The van der Waals surface area contributed by atoms with Crippen molar-refractivity contribution >= 4 is 22.8 Å². The molecule has 3 aromatic rings. The summed E-state index contributed by atoms with van der Waals surface area (Å²) in [6, 6.07) is 10.5. The molecular formula is C23H31N7O3. The van der Waals surface area contributed by atoms with Crippen molar-refractivity contribution in [1.82, 2.24) is 28.9 Å². The molecule has 0 spiro atoms. The van der Waals surface area contributed by atoms with Crippen molar-refractivity contribution in [2.75, 3.05) is 44.2 Å². The number of carbonyl (C=O) groups is 1. The van der Waals surface area contributed by atoms with Crippen LogP contribution in [-0.4, -0.2) is 68.8 Å². The van der Waals surface area contributed by atoms with Gasteiger partial charge in [-0.2, -0.15) is 0 Å². The second kappa shape index (κ2) is 10.0. The number of carbonyl (C=O) groups excluding carboxylic acids is 1. The van der Waals surface area contributed by atoms with E-state index in [2.05, 4.69) is 44.4 Å². The third-order valence-corrected chi connectivity index (χ3v) is 6.22. The van der Waals surface area contributed by atoms with Crippen molar-refractivity contribution in [2.24, 2.45) is 14.1 Å². The minimum Gasteiger partial charge on any atom is -0.369 e. The molecule has 176 valence electrons. The van der Waals surface area contributed by atoms with Crippen molar-refractivity contribution in [3.63, 3.8) is 0 Å². The number of amides is 1. The Bertz CT molecular complexity index is 1220. The molecule has 2 aromatic heterocycles. The van der Waals surface area contributed by atoms with Crippen LogP contribution in [0.15, 0.2) is 46.2 Å². The Morgan fingerprint density at radius 2 is 1.76 bits per heavy atom. The maximum absolute atomic E-state index is 12.7. The monoisotopic (exact) mass is 453 g/mol. The predicted octanol–water partition coefficient (Wildman–Crippen LogP) is 0.152. The lowest BCUT2D eigenvalue weighted by molar-refractivity contribution is -0.121. The van der Waals surface area contributed by atoms with Gasteiger partial charge < -0.3 is 14.8 Å². The first-order valence-corrected chi connectivity index (χ1v) is 11.4. The lowest BCUT2D eigenvalue weighted by atomic mass is 10.2. The first kappa shape index (κ1) is 22.8. The Morgan fingerprint density at radius 3 is 2.48 bits per heavy atom. The first-order chi connectivity index (χ1) is 16.0. The van der Waals surface area contributed by atoms with Crippen molar-refractivity contribution < 1.29 is 4.79 Å². The summed E-state index contributed by atoms with van der Waals surface area (Å²) in [6.07, 6.45) is 3.31. The van der Waals surface area contributed by atoms with Crippen LogP contribution >= 0.6 is 0 Å². The summed E-state index contributed by atoms with van der Waals surface area (Å²) in [5.74, 6) is -0.341. The predicted molar refractivity (Wildman–Crippen MR) is 128 cm³/mol. The Labute approximate surface area is 192 Å². The molecule has 1 aromatic carbocycles. The fourth-order valence-electron chi connectivity index (χ4n) is 4.29. The number of aryl methyl sites for hydroxylation is 2. The molecule has 1 saturated heterocycles. The van der Waals surface area contributed by atoms with Crippen LogP contribution < -0.4 is 21.5 Å². The van der Waals surface area contributed by atoms with Crippen LogP contribution in [0.3, 0.4) is 0 Å². The van der Waals surface area contributed by atoms with E-state index >= 15 is 0 Å². The molecule has 10 nitrogen and oxygen atoms in total. The van der Waals surface area contributed by atoms with Gasteiger partial charge in [-0.1, -0.05) is 18.2 Å². The number of unbranched alkanes of at least 4 members (excludes halogenated alkanes) is 1. The highest BCUT2D eigenvalue weighted by atomic mass is 16.2. The highest BCUT2D eigenvalue weighted by molar-refractivity contribution is 5.76. The van der Waals surface area contributed by atoms with Crippen LogP contribution in [0.5, 0.6) is 0 Å². The van der Waals surface area contributed by atoms with E-state index in [1.165, 1.54) is 16.6 Å². The maximum Gasteiger partial charge on any atom is 0.332 e. The van der Waals surface area contributed by atoms with Gasteiger partial charge in [0.25, 0.3) is 5.56 Å². The number of hydrogen-bond acceptors (Lipinski definition) is 6. The normalized spacial score (nSPS) is 14.7. The van der Waals surface area contributed by atoms with Gasteiger partial charge in [-0.05, 0) is 31.5 Å². The summed E-state index contributed by atoms with van der Waals surface area (Å²) in [7, 11) is 3.23. The molecule has 1 aliphatic heterocycles. The highest BCUT2D eigenvalue weighted by Gasteiger charge is 2.18. The molecule has 0 radical (unpaired) electrons. The Kier molecular flexibility index (Phi) is 6.93. The molecule has 0 unspecified atom stereocenters. The third kappa shape index (κ3) is 5.00. The van der Waals surface area contributed by atoms with Crippen molar-refractivity contribution in [2.45, 2.75) is 19.4 Å². The minimum atomic E-state index is -0.545. The molecule has 0 bridgehead atoms. The van der Waals surface area contributed by atoms with Gasteiger partial charge in [-0.15, -0.1) is 0 Å². The Balaban J connectivity index is 1.20. The van der Waals surface area contributed by atoms with E-state index in [9.17, 15) is 14.4 Å². The minimum absolute atomic E-state index is 0.298. The fraction of sp³-hybridized carbons (Fsp3) is 0.478. The number of hydrogen-bond donors (Lipinski definition) is 1. The Hall–Kier alpha value is -3.40. The molecule has 1 aliphatic rings. The van der Waals surface area contributed by atoms with Crippen molar-refractivity contribution in [1.29, 1.82) is 0 Å². The van der Waals surface area contributed by atoms with Crippen LogP contribution in [-0.2, 0) is 25.4 Å². The molecule has 0 saturated carbocycles. The number of benzene rings is 1. The zero-order chi connectivity index (χ0) is 23.4. The van der Waals surface area contributed by atoms with Gasteiger partial charge >= 0.3 is 5.69 Å². The molecule has 1 fully saturated rings. The van der Waals surface area contributed by atoms with Crippen LogP contribution in [0, 0.1) is 0 Å². The van der Waals surface area contributed by atoms with E-state index in [0.717, 1.165) is 50.1 Å². The fourth-order valence-corrected chi connectivity index (χ4v) is 4.29. The topological polar surface area (TPSA) is 97.4 Å². The molecule has 4 rings (SSSR count). The van der Waals surface area contributed by atoms with Gasteiger partial charge in [0.05, 0.1) is 6.33 Å². The lowest BCUT2D eigenvalue weighted by Crippen LogP contribution is -2.46. The van der Waals surface area contributed by atoms with Gasteiger partial charge in [0, 0.05) is 52.5 Å². The van der Waals surface area contributed by atoms with E-state index in [1.54, 1.807) is 18.7 Å². The summed E-state index contributed by atoms with van der Waals surface area (Å²) in [4.78, 5) is 46.5. The summed E-state index contributed by atoms with van der Waals surface area (Å²) in [6.45, 7) is 5.32. The number of fused-ring (bicyclic) bond motifs is 1. The van der Waals surface area contributed by atoms with E-state index in [0.29, 0.717) is 17.7 Å². The van der Waals surface area contributed by atoms with Crippen molar-refractivity contribution in [3.05, 3.63) is 57.5 Å². The van der Waals surface area contributed by atoms with E-state index < -0.39 is 11.2 Å². The molecule has 1 amide bonds. The van der Waals surface area contributed by atoms with Gasteiger partial charge in [-0.3, -0.25) is 19.1 Å². The van der Waals surface area contributed by atoms with Gasteiger partial charge in [0.1, 0.15) is 6.54 Å². The Morgan fingerprint density at radius 1 is 1.03 bits per heavy atom. The van der Waals surface area contributed by atoms with E-state index in [1.807, 2.05) is 6.07 Å². The first-order valence-electron chi connectivity index (χ1n) is 11.4. The molecule has 0 atom stereocenters. The largest absolute Gasteiger partial charge is 0.369 e. The average Bonchev–Trinajstić information content (AvgIpc) is 3.23. The van der Waals surface area contributed by atoms with Gasteiger partial charge in [0.15, 0.2) is 11.2 Å². The number of aromatic nitrogens is 4. The SMILES string of the molecule is Cn1cnc2c1c(=O)n(CC(=O)NCCCCN1CCN(c3ccccc3)CC1)c(=O)n2C. The molecular weight excluding hydrogens is 422 g/mol. The molecule has 1 N–H and O–H groups in total. The summed E-state index contributed by atoms with van der Waals surface area (Å²) in [5.41, 5.74) is 0.844. The average molecular weight is 454 g/mol. The highest BCUT2D eigenvalue weighted by Crippen LogP contribution is 2.15. The van der Waals surface area contributed by atoms with Crippen LogP contribution in [0.2, 0.25) is 0 Å². The number of rotatable bonds is 8. The molecule has 33 heavy (non-hydrogen) atoms. The zero-order valence-corrected chi connectivity index (χ0v) is 19.2. The number of imidazole rings is 1. The van der Waals surface area contributed by atoms with Crippen LogP contribution in [0.1, 0.15) is 12.8 Å². The number of para-hydroxylation sites is 1. The lowest BCUT2D eigenvalue weighted by Gasteiger charge is -2.36. The molecule has 3 heterocycles. The smallest absolute Gasteiger partial charge is 0.332 e. The van der Waals surface area contributed by atoms with Crippen molar-refractivity contribution in [3.8, 4) is 0 Å². The summed E-state index contributed by atoms with van der Waals surface area (Å²) < 4.78 is 3.82. The molecule has 10 heteroatoms. The summed E-state index contributed by atoms with van der Waals surface area (Å²) in [5, 5.41) is 2.83. The van der Waals surface area contributed by atoms with E-state index in [4.69, 9.17) is 0 Å². The second-order valence-corrected chi connectivity index (χ2v) is 8.48. The third-order valence-electron chi connectivity index (χ3n) is 6.22.